The van der Waals surface area contributed by atoms with Crippen LogP contribution in [0.15, 0.2) is 18.2 Å². The van der Waals surface area contributed by atoms with Crippen molar-refractivity contribution in [3.05, 3.63) is 23.8 Å². The number of hydrogen-bond acceptors (Lipinski definition) is 4. The Morgan fingerprint density at radius 1 is 1.33 bits per heavy atom. The highest BCUT2D eigenvalue weighted by molar-refractivity contribution is 7.85. The molecular formula is C12H17N3O2S. The second kappa shape index (κ2) is 5.39. The predicted molar refractivity (Wildman–Crippen MR) is 73.9 cm³/mol. The van der Waals surface area contributed by atoms with Crippen molar-refractivity contribution in [2.75, 3.05) is 22.6 Å². The molecule has 5 nitrogen and oxygen atoms in total. The minimum Gasteiger partial charge on any atom is -0.396 e. The average Bonchev–Trinajstić information content (AvgIpc) is 2.34. The lowest BCUT2D eigenvalue weighted by molar-refractivity contribution is 0.100. The van der Waals surface area contributed by atoms with E-state index in [1.807, 2.05) is 6.07 Å². The van der Waals surface area contributed by atoms with Gasteiger partial charge in [0.15, 0.2) is 0 Å². The van der Waals surface area contributed by atoms with Gasteiger partial charge in [-0.3, -0.25) is 9.00 Å². The van der Waals surface area contributed by atoms with E-state index in [-0.39, 0.29) is 6.04 Å². The van der Waals surface area contributed by atoms with Crippen LogP contribution in [-0.4, -0.2) is 27.7 Å². The van der Waals surface area contributed by atoms with Crippen molar-refractivity contribution in [2.45, 2.75) is 18.9 Å². The summed E-state index contributed by atoms with van der Waals surface area (Å²) in [7, 11) is -0.681. The summed E-state index contributed by atoms with van der Waals surface area (Å²) in [5, 5.41) is 3.30. The third-order valence-electron chi connectivity index (χ3n) is 3.12. The minimum atomic E-state index is -0.681. The molecular weight excluding hydrogens is 250 g/mol. The summed E-state index contributed by atoms with van der Waals surface area (Å²) < 4.78 is 11.3. The lowest BCUT2D eigenvalue weighted by Gasteiger charge is -2.24. The largest absolute Gasteiger partial charge is 0.396 e. The Balaban J connectivity index is 2.12. The van der Waals surface area contributed by atoms with Gasteiger partial charge in [-0.2, -0.15) is 0 Å². The van der Waals surface area contributed by atoms with Crippen LogP contribution in [0, 0.1) is 0 Å². The summed E-state index contributed by atoms with van der Waals surface area (Å²) in [6.07, 6.45) is 1.71. The number of nitrogens with one attached hydrogen (secondary N) is 1. The van der Waals surface area contributed by atoms with Crippen LogP contribution in [0.5, 0.6) is 0 Å². The molecule has 0 saturated carbocycles. The van der Waals surface area contributed by atoms with Gasteiger partial charge in [-0.1, -0.05) is 6.07 Å². The molecule has 1 aromatic carbocycles. The summed E-state index contributed by atoms with van der Waals surface area (Å²) >= 11 is 0. The molecule has 1 aromatic rings. The molecule has 0 atom stereocenters. The number of anilines is 2. The van der Waals surface area contributed by atoms with E-state index < -0.39 is 16.7 Å². The smallest absolute Gasteiger partial charge is 0.250 e. The Hall–Kier alpha value is -1.56. The maximum Gasteiger partial charge on any atom is 0.250 e. The molecule has 1 aliphatic heterocycles. The second-order valence-electron chi connectivity index (χ2n) is 4.40. The second-order valence-corrected chi connectivity index (χ2v) is 6.09. The first-order valence-electron chi connectivity index (χ1n) is 5.87. The molecule has 0 bridgehead atoms. The van der Waals surface area contributed by atoms with E-state index in [1.165, 1.54) is 0 Å². The maximum atomic E-state index is 11.3. The number of benzene rings is 1. The summed E-state index contributed by atoms with van der Waals surface area (Å²) in [5.41, 5.74) is 12.6. The molecule has 0 unspecified atom stereocenters. The van der Waals surface area contributed by atoms with Gasteiger partial charge in [0, 0.05) is 28.3 Å². The Bertz CT molecular complexity index is 480. The van der Waals surface area contributed by atoms with Gasteiger partial charge < -0.3 is 16.8 Å². The molecule has 5 N–H and O–H groups in total. The quantitative estimate of drug-likeness (QED) is 0.702. The number of primary amides is 1. The van der Waals surface area contributed by atoms with Crippen molar-refractivity contribution < 1.29 is 9.00 Å². The monoisotopic (exact) mass is 267 g/mol. The number of nitrogens with two attached hydrogens (primary N) is 2. The van der Waals surface area contributed by atoms with E-state index in [0.717, 1.165) is 18.5 Å². The van der Waals surface area contributed by atoms with Gasteiger partial charge in [-0.05, 0) is 25.0 Å². The van der Waals surface area contributed by atoms with Crippen molar-refractivity contribution in [3.8, 4) is 0 Å². The number of carbonyl (C=O) groups excluding carboxylic acids is 1. The topological polar surface area (TPSA) is 98.2 Å². The van der Waals surface area contributed by atoms with Gasteiger partial charge in [-0.25, -0.2) is 0 Å². The van der Waals surface area contributed by atoms with Crippen molar-refractivity contribution in [1.82, 2.24) is 0 Å². The molecule has 0 aliphatic carbocycles. The van der Waals surface area contributed by atoms with Crippen LogP contribution in [0.4, 0.5) is 11.4 Å². The zero-order valence-electron chi connectivity index (χ0n) is 10.0. The first-order valence-corrected chi connectivity index (χ1v) is 7.36. The van der Waals surface area contributed by atoms with Crippen LogP contribution in [0.25, 0.3) is 0 Å². The summed E-state index contributed by atoms with van der Waals surface area (Å²) in [4.78, 5) is 11.2. The third-order valence-corrected chi connectivity index (χ3v) is 4.50. The first-order chi connectivity index (χ1) is 8.58. The highest BCUT2D eigenvalue weighted by atomic mass is 32.2. The van der Waals surface area contributed by atoms with Crippen LogP contribution in [0.2, 0.25) is 0 Å². The third kappa shape index (κ3) is 2.81. The number of amides is 1. The van der Waals surface area contributed by atoms with E-state index in [2.05, 4.69) is 5.32 Å². The fraction of sp³-hybridized carbons (Fsp3) is 0.417. The first kappa shape index (κ1) is 12.9. The molecule has 18 heavy (non-hydrogen) atoms. The highest BCUT2D eigenvalue weighted by Gasteiger charge is 2.19. The van der Waals surface area contributed by atoms with Crippen LogP contribution in [0.3, 0.4) is 0 Å². The predicted octanol–water partition coefficient (Wildman–Crippen LogP) is 0.691. The molecule has 1 fully saturated rings. The molecule has 1 amide bonds. The Morgan fingerprint density at radius 2 is 2.00 bits per heavy atom. The van der Waals surface area contributed by atoms with E-state index in [0.29, 0.717) is 22.8 Å². The maximum absolute atomic E-state index is 11.3. The van der Waals surface area contributed by atoms with Gasteiger partial charge >= 0.3 is 0 Å². The molecule has 0 spiro atoms. The molecule has 1 aliphatic rings. The minimum absolute atomic E-state index is 0.258. The van der Waals surface area contributed by atoms with Crippen molar-refractivity contribution in [1.29, 1.82) is 0 Å². The summed E-state index contributed by atoms with van der Waals surface area (Å²) in [6, 6.07) is 5.44. The molecule has 98 valence electrons. The zero-order chi connectivity index (χ0) is 13.1. The Kier molecular flexibility index (Phi) is 3.86. The SMILES string of the molecule is NC(=O)c1cccc(NC2CCS(=O)CC2)c1N. The molecule has 1 heterocycles. The summed E-state index contributed by atoms with van der Waals surface area (Å²) in [6.45, 7) is 0. The highest BCUT2D eigenvalue weighted by Crippen LogP contribution is 2.25. The van der Waals surface area contributed by atoms with Crippen molar-refractivity contribution in [3.63, 3.8) is 0 Å². The van der Waals surface area contributed by atoms with Gasteiger partial charge in [-0.15, -0.1) is 0 Å². The number of carbonyl (C=O) groups is 1. The summed E-state index contributed by atoms with van der Waals surface area (Å²) in [5.74, 6) is 0.904. The lowest BCUT2D eigenvalue weighted by Crippen LogP contribution is -2.30. The van der Waals surface area contributed by atoms with Crippen LogP contribution in [-0.2, 0) is 10.8 Å². The normalized spacial score (nSPS) is 23.6. The Labute approximate surface area is 108 Å². The van der Waals surface area contributed by atoms with Gasteiger partial charge in [0.25, 0.3) is 5.91 Å². The van der Waals surface area contributed by atoms with E-state index in [9.17, 15) is 9.00 Å². The number of hydrogen-bond donors (Lipinski definition) is 3. The number of nitrogen functional groups attached to an aromatic ring is 1. The standard InChI is InChI=1S/C12H17N3O2S/c13-11-9(12(14)16)2-1-3-10(11)15-8-4-6-18(17)7-5-8/h1-3,8,15H,4-7,13H2,(H2,14,16). The fourth-order valence-electron chi connectivity index (χ4n) is 2.06. The van der Waals surface area contributed by atoms with Crippen LogP contribution < -0.4 is 16.8 Å². The van der Waals surface area contributed by atoms with E-state index >= 15 is 0 Å². The lowest BCUT2D eigenvalue weighted by atomic mass is 10.1. The molecule has 2 rings (SSSR count). The number of para-hydroxylation sites is 1. The van der Waals surface area contributed by atoms with Crippen LogP contribution in [0.1, 0.15) is 23.2 Å². The average molecular weight is 267 g/mol. The zero-order valence-corrected chi connectivity index (χ0v) is 10.8. The Morgan fingerprint density at radius 3 is 2.61 bits per heavy atom. The molecule has 6 heteroatoms. The molecule has 0 aromatic heterocycles. The van der Waals surface area contributed by atoms with Gasteiger partial charge in [0.2, 0.25) is 0 Å². The molecule has 0 radical (unpaired) electrons. The fourth-order valence-corrected chi connectivity index (χ4v) is 3.36. The van der Waals surface area contributed by atoms with Gasteiger partial charge in [0.1, 0.15) is 0 Å². The van der Waals surface area contributed by atoms with Crippen molar-refractivity contribution in [2.24, 2.45) is 5.73 Å². The van der Waals surface area contributed by atoms with E-state index in [1.54, 1.807) is 12.1 Å². The van der Waals surface area contributed by atoms with Crippen LogP contribution >= 0.6 is 0 Å². The van der Waals surface area contributed by atoms with Gasteiger partial charge in [0.05, 0.1) is 16.9 Å². The number of rotatable bonds is 3. The van der Waals surface area contributed by atoms with E-state index in [4.69, 9.17) is 11.5 Å². The van der Waals surface area contributed by atoms with Crippen molar-refractivity contribution >= 4 is 28.1 Å². The molecule has 1 saturated heterocycles.